The lowest BCUT2D eigenvalue weighted by Crippen LogP contribution is -2.36. The molecule has 2 saturated heterocycles. The highest BCUT2D eigenvalue weighted by Gasteiger charge is 2.44. The van der Waals surface area contributed by atoms with E-state index in [1.54, 1.807) is 0 Å². The van der Waals surface area contributed by atoms with Crippen LogP contribution in [0.1, 0.15) is 24.0 Å². The molecule has 2 fully saturated rings. The maximum atomic E-state index is 15.1. The van der Waals surface area contributed by atoms with Crippen molar-refractivity contribution in [1.29, 1.82) is 0 Å². The predicted molar refractivity (Wildman–Crippen MR) is 74.4 cm³/mol. The van der Waals surface area contributed by atoms with Gasteiger partial charge in [0.25, 0.3) is 0 Å². The van der Waals surface area contributed by atoms with Gasteiger partial charge in [-0.2, -0.15) is 13.2 Å². The number of nitrogens with zero attached hydrogens (tertiary/aromatic N) is 1. The first-order chi connectivity index (χ1) is 10.8. The second-order valence-electron chi connectivity index (χ2n) is 6.11. The number of rotatable bonds is 2. The summed E-state index contributed by atoms with van der Waals surface area (Å²) >= 11 is 0. The van der Waals surface area contributed by atoms with E-state index < -0.39 is 17.4 Å². The molecule has 2 aliphatic heterocycles. The first kappa shape index (κ1) is 16.2. The number of amides is 1. The molecule has 3 rings (SSSR count). The second kappa shape index (κ2) is 5.78. The normalized spacial score (nSPS) is 28.3. The van der Waals surface area contributed by atoms with Crippen LogP contribution in [0, 0.1) is 5.92 Å². The molecule has 0 radical (unpaired) electrons. The molecule has 1 aromatic carbocycles. The van der Waals surface area contributed by atoms with Gasteiger partial charge in [-0.05, 0) is 24.1 Å². The summed E-state index contributed by atoms with van der Waals surface area (Å²) in [5.41, 5.74) is -2.83. The van der Waals surface area contributed by atoms with Crippen LogP contribution in [0.15, 0.2) is 24.3 Å². The molecule has 126 valence electrons. The Morgan fingerprint density at radius 3 is 2.78 bits per heavy atom. The zero-order valence-electron chi connectivity index (χ0n) is 12.4. The lowest BCUT2D eigenvalue weighted by atomic mass is 9.93. The van der Waals surface area contributed by atoms with Crippen molar-refractivity contribution >= 4 is 5.91 Å². The Morgan fingerprint density at radius 2 is 2.13 bits per heavy atom. The minimum absolute atomic E-state index is 0.00757. The van der Waals surface area contributed by atoms with Crippen LogP contribution in [0.3, 0.4) is 0 Å². The number of benzene rings is 1. The van der Waals surface area contributed by atoms with Crippen molar-refractivity contribution < 1.29 is 27.1 Å². The van der Waals surface area contributed by atoms with Crippen molar-refractivity contribution in [2.45, 2.75) is 24.7 Å². The fourth-order valence-electron chi connectivity index (χ4n) is 3.16. The quantitative estimate of drug-likeness (QED) is 0.779. The molecule has 0 spiro atoms. The fourth-order valence-corrected chi connectivity index (χ4v) is 3.16. The third-order valence-corrected chi connectivity index (χ3v) is 4.52. The zero-order chi connectivity index (χ0) is 16.7. The summed E-state index contributed by atoms with van der Waals surface area (Å²) in [6.07, 6.45) is -3.90. The number of hydrogen-bond donors (Lipinski definition) is 0. The summed E-state index contributed by atoms with van der Waals surface area (Å²) in [7, 11) is 0. The van der Waals surface area contributed by atoms with E-state index in [0.717, 1.165) is 12.1 Å². The number of halogens is 4. The summed E-state index contributed by atoms with van der Waals surface area (Å²) in [6.45, 7) is 0.850. The number of ether oxygens (including phenoxy) is 1. The molecule has 0 aliphatic carbocycles. The molecule has 0 saturated carbocycles. The van der Waals surface area contributed by atoms with Gasteiger partial charge in [0.15, 0.2) is 5.67 Å². The maximum Gasteiger partial charge on any atom is 0.416 e. The first-order valence-electron chi connectivity index (χ1n) is 7.53. The minimum atomic E-state index is -4.51. The standard InChI is InChI=1S/C16H17F4NO2/c17-15(12-2-1-3-13(8-12)16(18,19)20)5-6-21(10-15)14(22)11-4-7-23-9-11/h1-3,8,11H,4-7,9-10H2/t11-,15-/m1/s1. The van der Waals surface area contributed by atoms with Crippen LogP contribution in [-0.4, -0.2) is 37.1 Å². The average molecular weight is 331 g/mol. The van der Waals surface area contributed by atoms with Crippen molar-refractivity contribution in [3.8, 4) is 0 Å². The van der Waals surface area contributed by atoms with E-state index in [2.05, 4.69) is 0 Å². The second-order valence-corrected chi connectivity index (χ2v) is 6.11. The average Bonchev–Trinajstić information content (AvgIpc) is 3.16. The zero-order valence-corrected chi connectivity index (χ0v) is 12.4. The van der Waals surface area contributed by atoms with Gasteiger partial charge in [0.2, 0.25) is 5.91 Å². The highest BCUT2D eigenvalue weighted by molar-refractivity contribution is 5.79. The highest BCUT2D eigenvalue weighted by Crippen LogP contribution is 2.39. The Morgan fingerprint density at radius 1 is 1.35 bits per heavy atom. The van der Waals surface area contributed by atoms with Gasteiger partial charge in [-0.3, -0.25) is 4.79 Å². The number of carbonyl (C=O) groups is 1. The molecule has 0 unspecified atom stereocenters. The van der Waals surface area contributed by atoms with E-state index in [4.69, 9.17) is 4.74 Å². The van der Waals surface area contributed by atoms with Crippen LogP contribution in [-0.2, 0) is 21.4 Å². The smallest absolute Gasteiger partial charge is 0.381 e. The third-order valence-electron chi connectivity index (χ3n) is 4.52. The summed E-state index contributed by atoms with van der Waals surface area (Å²) in [4.78, 5) is 13.7. The Kier molecular flexibility index (Phi) is 4.08. The lowest BCUT2D eigenvalue weighted by molar-refractivity contribution is -0.138. The van der Waals surface area contributed by atoms with Crippen LogP contribution in [0.2, 0.25) is 0 Å². The van der Waals surface area contributed by atoms with E-state index in [0.29, 0.717) is 19.6 Å². The molecule has 23 heavy (non-hydrogen) atoms. The Bertz CT molecular complexity index is 598. The molecule has 2 aliphatic rings. The van der Waals surface area contributed by atoms with Crippen LogP contribution in [0.5, 0.6) is 0 Å². The Balaban J connectivity index is 1.77. The monoisotopic (exact) mass is 331 g/mol. The molecule has 0 aromatic heterocycles. The molecule has 1 aromatic rings. The van der Waals surface area contributed by atoms with Crippen molar-refractivity contribution in [1.82, 2.24) is 4.90 Å². The van der Waals surface area contributed by atoms with Gasteiger partial charge < -0.3 is 9.64 Å². The van der Waals surface area contributed by atoms with E-state index in [9.17, 15) is 18.0 Å². The molecule has 0 N–H and O–H groups in total. The SMILES string of the molecule is O=C([C@@H]1CCOC1)N1CC[C@](F)(c2cccc(C(F)(F)F)c2)C1. The topological polar surface area (TPSA) is 29.5 Å². The van der Waals surface area contributed by atoms with Crippen LogP contribution < -0.4 is 0 Å². The molecule has 2 heterocycles. The van der Waals surface area contributed by atoms with Crippen molar-refractivity contribution in [2.75, 3.05) is 26.3 Å². The number of likely N-dealkylation sites (tertiary alicyclic amines) is 1. The summed E-state index contributed by atoms with van der Waals surface area (Å²) in [6, 6.07) is 4.31. The van der Waals surface area contributed by atoms with Gasteiger partial charge in [0.1, 0.15) is 0 Å². The summed E-state index contributed by atoms with van der Waals surface area (Å²) in [5, 5.41) is 0. The minimum Gasteiger partial charge on any atom is -0.381 e. The molecule has 1 amide bonds. The lowest BCUT2D eigenvalue weighted by Gasteiger charge is -2.23. The van der Waals surface area contributed by atoms with E-state index >= 15 is 4.39 Å². The van der Waals surface area contributed by atoms with Gasteiger partial charge in [0, 0.05) is 19.6 Å². The number of alkyl halides is 4. The van der Waals surface area contributed by atoms with Gasteiger partial charge >= 0.3 is 6.18 Å². The molecule has 2 atom stereocenters. The van der Waals surface area contributed by atoms with E-state index in [1.165, 1.54) is 17.0 Å². The Hall–Kier alpha value is -1.63. The first-order valence-corrected chi connectivity index (χ1v) is 7.53. The van der Waals surface area contributed by atoms with Gasteiger partial charge in [-0.1, -0.05) is 12.1 Å². The number of hydrogen-bond acceptors (Lipinski definition) is 2. The van der Waals surface area contributed by atoms with Crippen molar-refractivity contribution in [3.63, 3.8) is 0 Å². The van der Waals surface area contributed by atoms with Crippen molar-refractivity contribution in [3.05, 3.63) is 35.4 Å². The summed E-state index contributed by atoms with van der Waals surface area (Å²) in [5.74, 6) is -0.437. The van der Waals surface area contributed by atoms with Gasteiger partial charge in [-0.15, -0.1) is 0 Å². The molecule has 0 bridgehead atoms. The van der Waals surface area contributed by atoms with E-state index in [1.807, 2.05) is 0 Å². The van der Waals surface area contributed by atoms with Crippen LogP contribution in [0.25, 0.3) is 0 Å². The molecule has 7 heteroatoms. The van der Waals surface area contributed by atoms with Crippen molar-refractivity contribution in [2.24, 2.45) is 5.92 Å². The molecule has 3 nitrogen and oxygen atoms in total. The Labute approximate surface area is 131 Å². The van der Waals surface area contributed by atoms with Gasteiger partial charge in [-0.25, -0.2) is 4.39 Å². The van der Waals surface area contributed by atoms with Crippen LogP contribution in [0.4, 0.5) is 17.6 Å². The molecular formula is C16H17F4NO2. The maximum absolute atomic E-state index is 15.1. The van der Waals surface area contributed by atoms with E-state index in [-0.39, 0.29) is 36.9 Å². The summed E-state index contributed by atoms with van der Waals surface area (Å²) < 4.78 is 58.6. The van der Waals surface area contributed by atoms with Gasteiger partial charge in [0.05, 0.1) is 24.6 Å². The number of carbonyl (C=O) groups excluding carboxylic acids is 1. The third kappa shape index (κ3) is 3.20. The largest absolute Gasteiger partial charge is 0.416 e. The van der Waals surface area contributed by atoms with Crippen LogP contribution >= 0.6 is 0 Å². The fraction of sp³-hybridized carbons (Fsp3) is 0.562. The molecular weight excluding hydrogens is 314 g/mol. The predicted octanol–water partition coefficient (Wildman–Crippen LogP) is 3.14. The highest BCUT2D eigenvalue weighted by atomic mass is 19.4.